The van der Waals surface area contributed by atoms with Gasteiger partial charge in [-0.05, 0) is 43.0 Å². The molecule has 2 aromatic rings. The quantitative estimate of drug-likeness (QED) is 0.392. The molecule has 11 heteroatoms. The number of sulfone groups is 1. The molecule has 0 bridgehead atoms. The summed E-state index contributed by atoms with van der Waals surface area (Å²) in [7, 11) is -1.17. The Morgan fingerprint density at radius 3 is 2.50 bits per heavy atom. The molecule has 0 saturated carbocycles. The van der Waals surface area contributed by atoms with Crippen LogP contribution >= 0.6 is 11.8 Å². The van der Waals surface area contributed by atoms with Crippen LogP contribution in [-0.2, 0) is 19.4 Å². The Labute approximate surface area is 203 Å². The van der Waals surface area contributed by atoms with Crippen LogP contribution in [0.25, 0.3) is 0 Å². The number of methoxy groups -OCH3 is 2. The highest BCUT2D eigenvalue weighted by molar-refractivity contribution is 7.98. The lowest BCUT2D eigenvalue weighted by Gasteiger charge is -2.38. The predicted molar refractivity (Wildman–Crippen MR) is 128 cm³/mol. The van der Waals surface area contributed by atoms with Crippen LogP contribution in [0, 0.1) is 5.92 Å². The monoisotopic (exact) mass is 508 g/mol. The van der Waals surface area contributed by atoms with Crippen molar-refractivity contribution in [3.05, 3.63) is 48.0 Å². The highest BCUT2D eigenvalue weighted by Crippen LogP contribution is 2.34. The number of carbonyl (C=O) groups excluding carboxylic acids is 2. The summed E-state index contributed by atoms with van der Waals surface area (Å²) in [5.74, 6) is -1.56. The lowest BCUT2D eigenvalue weighted by Crippen LogP contribution is -2.60. The lowest BCUT2D eigenvalue weighted by molar-refractivity contribution is -0.150. The second-order valence-electron chi connectivity index (χ2n) is 7.55. The molecule has 2 N–H and O–H groups in total. The van der Waals surface area contributed by atoms with Crippen LogP contribution in [0.3, 0.4) is 0 Å². The fourth-order valence-electron chi connectivity index (χ4n) is 3.93. The van der Waals surface area contributed by atoms with Crippen LogP contribution in [0.15, 0.2) is 52.3 Å². The normalized spacial score (nSPS) is 20.1. The molecule has 0 aliphatic carbocycles. The van der Waals surface area contributed by atoms with Gasteiger partial charge in [0.1, 0.15) is 22.3 Å². The summed E-state index contributed by atoms with van der Waals surface area (Å²) >= 11 is 1.52. The average molecular weight is 509 g/mol. The van der Waals surface area contributed by atoms with E-state index in [1.165, 1.54) is 44.2 Å². The molecule has 1 saturated heterocycles. The number of ether oxygens (including phenoxy) is 3. The van der Waals surface area contributed by atoms with Crippen molar-refractivity contribution in [3.8, 4) is 11.5 Å². The Morgan fingerprint density at radius 1 is 1.09 bits per heavy atom. The van der Waals surface area contributed by atoms with Crippen molar-refractivity contribution in [2.24, 2.45) is 5.92 Å². The molecular formula is C23H28N2O7S2. The summed E-state index contributed by atoms with van der Waals surface area (Å²) < 4.78 is 42.5. The third-order valence-electron chi connectivity index (χ3n) is 5.51. The Kier molecular flexibility index (Phi) is 8.32. The van der Waals surface area contributed by atoms with Gasteiger partial charge in [0, 0.05) is 11.0 Å². The van der Waals surface area contributed by atoms with E-state index in [2.05, 4.69) is 10.6 Å². The molecule has 9 nitrogen and oxygen atoms in total. The number of amides is 2. The van der Waals surface area contributed by atoms with E-state index in [1.54, 1.807) is 13.0 Å². The highest BCUT2D eigenvalue weighted by atomic mass is 32.2. The minimum absolute atomic E-state index is 0.0629. The summed E-state index contributed by atoms with van der Waals surface area (Å²) in [6.07, 6.45) is 1.92. The van der Waals surface area contributed by atoms with Gasteiger partial charge in [-0.25, -0.2) is 13.2 Å². The molecule has 34 heavy (non-hydrogen) atoms. The maximum absolute atomic E-state index is 13.4. The number of nitrogens with one attached hydrogen (secondary N) is 2. The molecule has 3 unspecified atom stereocenters. The van der Waals surface area contributed by atoms with E-state index in [4.69, 9.17) is 14.2 Å². The van der Waals surface area contributed by atoms with Gasteiger partial charge in [0.05, 0.1) is 38.7 Å². The van der Waals surface area contributed by atoms with Gasteiger partial charge in [0.2, 0.25) is 0 Å². The molecule has 2 amide bonds. The van der Waals surface area contributed by atoms with E-state index in [-0.39, 0.29) is 17.3 Å². The van der Waals surface area contributed by atoms with E-state index < -0.39 is 45.6 Å². The molecule has 3 rings (SSSR count). The standard InChI is InChI=1S/C23H28N2O7S2/c1-5-32-22(26)20-17(13-34(28,29)19-10-9-15(30-2)12-18(19)31-3)24-23(27)25-21(20)14-7-6-8-16(11-14)33-4/h6-12,17,20-21H,5,13H2,1-4H3,(H2,24,25,27). The average Bonchev–Trinajstić information content (AvgIpc) is 2.83. The van der Waals surface area contributed by atoms with E-state index in [0.717, 1.165) is 4.90 Å². The van der Waals surface area contributed by atoms with Gasteiger partial charge < -0.3 is 24.8 Å². The third kappa shape index (κ3) is 5.58. The van der Waals surface area contributed by atoms with Crippen molar-refractivity contribution in [2.75, 3.05) is 32.8 Å². The SMILES string of the molecule is CCOC(=O)C1C(CS(=O)(=O)c2ccc(OC)cc2OC)NC(=O)NC1c1cccc(SC)c1. The molecular weight excluding hydrogens is 480 g/mol. The lowest BCUT2D eigenvalue weighted by atomic mass is 9.86. The summed E-state index contributed by atoms with van der Waals surface area (Å²) in [4.78, 5) is 26.5. The number of hydrogen-bond acceptors (Lipinski definition) is 8. The number of urea groups is 1. The first-order chi connectivity index (χ1) is 16.2. The van der Waals surface area contributed by atoms with E-state index in [0.29, 0.717) is 11.3 Å². The molecule has 1 aliphatic heterocycles. The Bertz CT molecular complexity index is 1150. The Morgan fingerprint density at radius 2 is 1.85 bits per heavy atom. The van der Waals surface area contributed by atoms with E-state index in [1.807, 2.05) is 24.5 Å². The summed E-state index contributed by atoms with van der Waals surface area (Å²) in [6.45, 7) is 1.79. The van der Waals surface area contributed by atoms with Crippen LogP contribution in [0.4, 0.5) is 4.79 Å². The fraction of sp³-hybridized carbons (Fsp3) is 0.391. The Balaban J connectivity index is 2.02. The highest BCUT2D eigenvalue weighted by Gasteiger charge is 2.45. The van der Waals surface area contributed by atoms with Gasteiger partial charge >= 0.3 is 12.0 Å². The molecule has 1 aliphatic rings. The first-order valence-electron chi connectivity index (χ1n) is 10.6. The number of esters is 1. The van der Waals surface area contributed by atoms with Crippen molar-refractivity contribution >= 4 is 33.6 Å². The minimum Gasteiger partial charge on any atom is -0.497 e. The van der Waals surface area contributed by atoms with Gasteiger partial charge in [-0.15, -0.1) is 11.8 Å². The number of hydrogen-bond donors (Lipinski definition) is 2. The number of carbonyl (C=O) groups is 2. The zero-order valence-electron chi connectivity index (χ0n) is 19.4. The fourth-order valence-corrected chi connectivity index (χ4v) is 6.07. The largest absolute Gasteiger partial charge is 0.497 e. The second kappa shape index (κ2) is 11.0. The van der Waals surface area contributed by atoms with Crippen LogP contribution < -0.4 is 20.1 Å². The molecule has 3 atom stereocenters. The summed E-state index contributed by atoms with van der Waals surface area (Å²) in [5.41, 5.74) is 0.684. The number of benzene rings is 2. The van der Waals surface area contributed by atoms with Crippen molar-refractivity contribution in [2.45, 2.75) is 28.8 Å². The van der Waals surface area contributed by atoms with Gasteiger partial charge in [0.15, 0.2) is 9.84 Å². The van der Waals surface area contributed by atoms with E-state index in [9.17, 15) is 18.0 Å². The van der Waals surface area contributed by atoms with Crippen molar-refractivity contribution < 1.29 is 32.2 Å². The second-order valence-corrected chi connectivity index (χ2v) is 10.4. The van der Waals surface area contributed by atoms with Gasteiger partial charge in [0.25, 0.3) is 0 Å². The van der Waals surface area contributed by atoms with Gasteiger partial charge in [-0.1, -0.05) is 12.1 Å². The summed E-state index contributed by atoms with van der Waals surface area (Å²) in [5, 5.41) is 5.39. The van der Waals surface area contributed by atoms with Crippen LogP contribution in [0.2, 0.25) is 0 Å². The molecule has 184 valence electrons. The number of rotatable bonds is 9. The van der Waals surface area contributed by atoms with Crippen LogP contribution in [0.5, 0.6) is 11.5 Å². The van der Waals surface area contributed by atoms with Gasteiger partial charge in [-0.2, -0.15) is 0 Å². The van der Waals surface area contributed by atoms with Crippen LogP contribution in [-0.4, -0.2) is 59.3 Å². The molecule has 1 heterocycles. The van der Waals surface area contributed by atoms with Crippen LogP contribution in [0.1, 0.15) is 18.5 Å². The maximum Gasteiger partial charge on any atom is 0.315 e. The minimum atomic E-state index is -3.99. The first kappa shape index (κ1) is 25.7. The zero-order chi connectivity index (χ0) is 24.9. The smallest absolute Gasteiger partial charge is 0.315 e. The zero-order valence-corrected chi connectivity index (χ0v) is 21.0. The topological polar surface area (TPSA) is 120 Å². The van der Waals surface area contributed by atoms with Crippen molar-refractivity contribution in [1.29, 1.82) is 0 Å². The van der Waals surface area contributed by atoms with Crippen molar-refractivity contribution in [3.63, 3.8) is 0 Å². The molecule has 2 aromatic carbocycles. The van der Waals surface area contributed by atoms with Gasteiger partial charge in [-0.3, -0.25) is 4.79 Å². The molecule has 0 aromatic heterocycles. The maximum atomic E-state index is 13.4. The van der Waals surface area contributed by atoms with E-state index >= 15 is 0 Å². The predicted octanol–water partition coefficient (Wildman–Crippen LogP) is 2.80. The first-order valence-corrected chi connectivity index (χ1v) is 13.4. The molecule has 0 spiro atoms. The molecule has 1 fully saturated rings. The number of thioether (sulfide) groups is 1. The third-order valence-corrected chi connectivity index (χ3v) is 8.04. The summed E-state index contributed by atoms with van der Waals surface area (Å²) in [6, 6.07) is 9.39. The van der Waals surface area contributed by atoms with Crippen molar-refractivity contribution in [1.82, 2.24) is 10.6 Å². The molecule has 0 radical (unpaired) electrons. The Hall–Kier alpha value is -2.92.